The molecule has 150 valence electrons. The summed E-state index contributed by atoms with van der Waals surface area (Å²) in [7, 11) is 0. The lowest BCUT2D eigenvalue weighted by atomic mass is 10.2. The minimum Gasteiger partial charge on any atom is -0.325 e. The zero-order valence-corrected chi connectivity index (χ0v) is 15.7. The van der Waals surface area contributed by atoms with Crippen LogP contribution in [0.4, 0.5) is 18.9 Å². The molecule has 0 radical (unpaired) electrons. The van der Waals surface area contributed by atoms with Gasteiger partial charge in [-0.25, -0.2) is 0 Å². The third-order valence-corrected chi connectivity index (χ3v) is 4.80. The number of hydrogen-bond donors (Lipinski definition) is 1. The van der Waals surface area contributed by atoms with Crippen molar-refractivity contribution in [1.29, 1.82) is 0 Å². The van der Waals surface area contributed by atoms with Gasteiger partial charge in [-0.05, 0) is 49.7 Å². The summed E-state index contributed by atoms with van der Waals surface area (Å²) in [5, 5.41) is 1.99. The first-order chi connectivity index (χ1) is 13.2. The Morgan fingerprint density at radius 3 is 2.39 bits per heavy atom. The quantitative estimate of drug-likeness (QED) is 0.812. The first-order valence-electron chi connectivity index (χ1n) is 8.81. The topological polar surface area (TPSA) is 54.3 Å². The Morgan fingerprint density at radius 1 is 1.14 bits per heavy atom. The molecule has 0 spiro atoms. The molecule has 1 fully saturated rings. The molecule has 9 heteroatoms. The molecule has 5 nitrogen and oxygen atoms in total. The molecule has 2 aromatic rings. The SMILES string of the molecule is O=C(Cn1cc(C(F)(F)F)cc(Cl)c1=O)Nc1ccc(CN2CCCC2)cc1. The Balaban J connectivity index is 1.65. The number of likely N-dealkylation sites (tertiary alicyclic amines) is 1. The van der Waals surface area contributed by atoms with Gasteiger partial charge in [-0.15, -0.1) is 0 Å². The maximum absolute atomic E-state index is 12.9. The average Bonchev–Trinajstić information content (AvgIpc) is 3.12. The first kappa shape index (κ1) is 20.4. The maximum Gasteiger partial charge on any atom is 0.417 e. The van der Waals surface area contributed by atoms with E-state index in [1.807, 2.05) is 12.1 Å². The fraction of sp³-hybridized carbons (Fsp3) is 0.368. The van der Waals surface area contributed by atoms with Gasteiger partial charge in [-0.2, -0.15) is 13.2 Å². The van der Waals surface area contributed by atoms with Crippen molar-refractivity contribution in [2.75, 3.05) is 18.4 Å². The van der Waals surface area contributed by atoms with E-state index in [9.17, 15) is 22.8 Å². The second-order valence-corrected chi connectivity index (χ2v) is 7.14. The van der Waals surface area contributed by atoms with Crippen LogP contribution in [-0.4, -0.2) is 28.5 Å². The molecule has 1 amide bonds. The number of benzene rings is 1. The Hall–Kier alpha value is -2.32. The van der Waals surface area contributed by atoms with Gasteiger partial charge in [0.15, 0.2) is 0 Å². The molecule has 2 heterocycles. The fourth-order valence-corrected chi connectivity index (χ4v) is 3.35. The van der Waals surface area contributed by atoms with E-state index in [-0.39, 0.29) is 0 Å². The molecular formula is C19H19ClF3N3O2. The summed E-state index contributed by atoms with van der Waals surface area (Å²) in [4.78, 5) is 26.4. The van der Waals surface area contributed by atoms with Crippen molar-refractivity contribution >= 4 is 23.2 Å². The number of halogens is 4. The van der Waals surface area contributed by atoms with E-state index in [2.05, 4.69) is 10.2 Å². The van der Waals surface area contributed by atoms with Crippen molar-refractivity contribution in [2.45, 2.75) is 32.1 Å². The number of hydrogen-bond acceptors (Lipinski definition) is 3. The Labute approximate surface area is 164 Å². The number of anilines is 1. The molecule has 0 atom stereocenters. The molecule has 1 aromatic heterocycles. The van der Waals surface area contributed by atoms with Crippen LogP contribution < -0.4 is 10.9 Å². The predicted molar refractivity (Wildman–Crippen MR) is 100 cm³/mol. The number of nitrogens with one attached hydrogen (secondary N) is 1. The van der Waals surface area contributed by atoms with Gasteiger partial charge in [0.1, 0.15) is 11.6 Å². The number of nitrogens with zero attached hydrogens (tertiary/aromatic N) is 2. The van der Waals surface area contributed by atoms with Crippen LogP contribution in [0.2, 0.25) is 5.02 Å². The third kappa shape index (κ3) is 5.14. The van der Waals surface area contributed by atoms with Gasteiger partial charge in [0.2, 0.25) is 5.91 Å². The molecule has 0 unspecified atom stereocenters. The summed E-state index contributed by atoms with van der Waals surface area (Å²) in [5.74, 6) is -0.621. The van der Waals surface area contributed by atoms with Crippen LogP contribution in [0.5, 0.6) is 0 Å². The van der Waals surface area contributed by atoms with Crippen molar-refractivity contribution in [1.82, 2.24) is 9.47 Å². The van der Waals surface area contributed by atoms with Gasteiger partial charge in [0.05, 0.1) is 5.56 Å². The summed E-state index contributed by atoms with van der Waals surface area (Å²) in [6.07, 6.45) is -1.67. The number of rotatable bonds is 5. The van der Waals surface area contributed by atoms with Crippen molar-refractivity contribution in [2.24, 2.45) is 0 Å². The summed E-state index contributed by atoms with van der Waals surface area (Å²) in [6.45, 7) is 2.42. The van der Waals surface area contributed by atoms with Crippen LogP contribution in [0.3, 0.4) is 0 Å². The van der Waals surface area contributed by atoms with E-state index >= 15 is 0 Å². The molecular weight excluding hydrogens is 395 g/mol. The van der Waals surface area contributed by atoms with Gasteiger partial charge in [-0.3, -0.25) is 14.5 Å². The smallest absolute Gasteiger partial charge is 0.325 e. The Bertz CT molecular complexity index is 904. The molecule has 28 heavy (non-hydrogen) atoms. The van der Waals surface area contributed by atoms with E-state index in [4.69, 9.17) is 11.6 Å². The van der Waals surface area contributed by atoms with E-state index < -0.39 is 34.8 Å². The fourth-order valence-electron chi connectivity index (χ4n) is 3.12. The van der Waals surface area contributed by atoms with Crippen LogP contribution >= 0.6 is 11.6 Å². The number of pyridine rings is 1. The summed E-state index contributed by atoms with van der Waals surface area (Å²) >= 11 is 5.59. The zero-order chi connectivity index (χ0) is 20.3. The Kier molecular flexibility index (Phi) is 6.10. The van der Waals surface area contributed by atoms with Crippen LogP contribution in [0, 0.1) is 0 Å². The standard InChI is InChI=1S/C19H19ClF3N3O2/c20-16-9-14(19(21,22)23)11-26(18(16)28)12-17(27)24-15-5-3-13(4-6-15)10-25-7-1-2-8-25/h3-6,9,11H,1-2,7-8,10,12H2,(H,24,27). The lowest BCUT2D eigenvalue weighted by Gasteiger charge is -2.15. The normalized spacial score (nSPS) is 15.0. The van der Waals surface area contributed by atoms with E-state index in [1.54, 1.807) is 12.1 Å². The van der Waals surface area contributed by atoms with Gasteiger partial charge in [-0.1, -0.05) is 23.7 Å². The largest absolute Gasteiger partial charge is 0.417 e. The van der Waals surface area contributed by atoms with E-state index in [0.717, 1.165) is 25.2 Å². The van der Waals surface area contributed by atoms with Crippen LogP contribution in [0.1, 0.15) is 24.0 Å². The molecule has 1 N–H and O–H groups in total. The van der Waals surface area contributed by atoms with Crippen LogP contribution in [-0.2, 0) is 24.1 Å². The van der Waals surface area contributed by atoms with Crippen molar-refractivity contribution < 1.29 is 18.0 Å². The summed E-state index contributed by atoms with van der Waals surface area (Å²) < 4.78 is 39.3. The minimum absolute atomic E-state index is 0.501. The predicted octanol–water partition coefficient (Wildman–Crippen LogP) is 3.76. The number of alkyl halides is 3. The first-order valence-corrected chi connectivity index (χ1v) is 9.18. The highest BCUT2D eigenvalue weighted by Gasteiger charge is 2.32. The van der Waals surface area contributed by atoms with Crippen LogP contribution in [0.15, 0.2) is 41.3 Å². The van der Waals surface area contributed by atoms with Crippen molar-refractivity contribution in [3.8, 4) is 0 Å². The van der Waals surface area contributed by atoms with Crippen molar-refractivity contribution in [3.05, 3.63) is 63.0 Å². The number of amides is 1. The third-order valence-electron chi connectivity index (χ3n) is 4.53. The van der Waals surface area contributed by atoms with E-state index in [1.165, 1.54) is 12.8 Å². The lowest BCUT2D eigenvalue weighted by molar-refractivity contribution is -0.138. The van der Waals surface area contributed by atoms with Gasteiger partial charge >= 0.3 is 6.18 Å². The van der Waals surface area contributed by atoms with Crippen molar-refractivity contribution in [3.63, 3.8) is 0 Å². The minimum atomic E-state index is -4.67. The average molecular weight is 414 g/mol. The van der Waals surface area contributed by atoms with E-state index in [0.29, 0.717) is 22.5 Å². The van der Waals surface area contributed by atoms with Gasteiger partial charge < -0.3 is 9.88 Å². The highest BCUT2D eigenvalue weighted by molar-refractivity contribution is 6.30. The molecule has 1 aliphatic rings. The molecule has 1 saturated heterocycles. The second-order valence-electron chi connectivity index (χ2n) is 6.74. The summed E-state index contributed by atoms with van der Waals surface area (Å²) in [6, 6.07) is 7.79. The molecule has 1 aliphatic heterocycles. The van der Waals surface area contributed by atoms with Gasteiger partial charge in [0.25, 0.3) is 5.56 Å². The lowest BCUT2D eigenvalue weighted by Crippen LogP contribution is -2.29. The number of carbonyl (C=O) groups excluding carboxylic acids is 1. The van der Waals surface area contributed by atoms with Gasteiger partial charge in [0, 0.05) is 18.4 Å². The molecule has 1 aromatic carbocycles. The molecule has 3 rings (SSSR count). The molecule has 0 bridgehead atoms. The monoisotopic (exact) mass is 413 g/mol. The van der Waals surface area contributed by atoms with Crippen LogP contribution in [0.25, 0.3) is 0 Å². The zero-order valence-electron chi connectivity index (χ0n) is 14.9. The maximum atomic E-state index is 12.9. The summed E-state index contributed by atoms with van der Waals surface area (Å²) in [5.41, 5.74) is -0.330. The second kappa shape index (κ2) is 8.36. The molecule has 0 saturated carbocycles. The highest BCUT2D eigenvalue weighted by atomic mass is 35.5. The number of carbonyl (C=O) groups is 1. The highest BCUT2D eigenvalue weighted by Crippen LogP contribution is 2.29. The number of aromatic nitrogens is 1. The Morgan fingerprint density at radius 2 is 1.79 bits per heavy atom. The molecule has 0 aliphatic carbocycles.